The number of aromatic amines is 2. The zero-order valence-electron chi connectivity index (χ0n) is 17.6. The molecular weight excluding hydrogens is 386 g/mol. The lowest BCUT2D eigenvalue weighted by molar-refractivity contribution is 0.205. The lowest BCUT2D eigenvalue weighted by Gasteiger charge is -2.36. The first kappa shape index (κ1) is 18.6. The van der Waals surface area contributed by atoms with Crippen molar-refractivity contribution in [2.75, 3.05) is 31.1 Å². The molecule has 158 valence electrons. The van der Waals surface area contributed by atoms with Gasteiger partial charge in [-0.05, 0) is 55.5 Å². The van der Waals surface area contributed by atoms with E-state index in [4.69, 9.17) is 4.98 Å². The van der Waals surface area contributed by atoms with Crippen LogP contribution in [0.4, 0.5) is 5.95 Å². The molecule has 31 heavy (non-hydrogen) atoms. The third kappa shape index (κ3) is 3.41. The summed E-state index contributed by atoms with van der Waals surface area (Å²) in [6, 6.07) is 18.9. The van der Waals surface area contributed by atoms with E-state index >= 15 is 0 Å². The predicted octanol–water partition coefficient (Wildman–Crippen LogP) is 3.86. The number of rotatable bonds is 3. The summed E-state index contributed by atoms with van der Waals surface area (Å²) in [6.45, 7) is 4.19. The quantitative estimate of drug-likeness (QED) is 0.535. The molecule has 2 N–H and O–H groups in total. The Morgan fingerprint density at radius 2 is 1.71 bits per heavy atom. The second-order valence-corrected chi connectivity index (χ2v) is 8.92. The first-order valence-electron chi connectivity index (χ1n) is 11.3. The zero-order chi connectivity index (χ0) is 20.8. The van der Waals surface area contributed by atoms with Crippen molar-refractivity contribution >= 4 is 27.8 Å². The van der Waals surface area contributed by atoms with Gasteiger partial charge in [0.15, 0.2) is 0 Å². The normalized spacial score (nSPS) is 20.8. The molecule has 0 spiro atoms. The van der Waals surface area contributed by atoms with Crippen molar-refractivity contribution in [3.8, 4) is 0 Å². The summed E-state index contributed by atoms with van der Waals surface area (Å²) in [5.74, 6) is 1.40. The van der Waals surface area contributed by atoms with Crippen LogP contribution in [-0.4, -0.2) is 52.1 Å². The number of fused-ring (bicyclic) bond motifs is 2. The number of hydrogen-bond donors (Lipinski definition) is 2. The maximum absolute atomic E-state index is 12.5. The molecule has 2 aliphatic rings. The highest BCUT2D eigenvalue weighted by atomic mass is 16.1. The zero-order valence-corrected chi connectivity index (χ0v) is 17.6. The van der Waals surface area contributed by atoms with Crippen LogP contribution in [-0.2, 0) is 0 Å². The molecule has 2 fully saturated rings. The number of hydrogen-bond acceptors (Lipinski definition) is 4. The summed E-state index contributed by atoms with van der Waals surface area (Å²) in [7, 11) is 0. The highest BCUT2D eigenvalue weighted by Crippen LogP contribution is 2.31. The molecule has 4 heterocycles. The molecule has 6 nitrogen and oxygen atoms in total. The molecule has 0 radical (unpaired) electrons. The largest absolute Gasteiger partial charge is 0.342 e. The van der Waals surface area contributed by atoms with Crippen molar-refractivity contribution in [3.05, 3.63) is 70.6 Å². The number of piperidine rings is 1. The van der Waals surface area contributed by atoms with Gasteiger partial charge in [0.1, 0.15) is 0 Å². The molecule has 6 heteroatoms. The Labute approximate surface area is 180 Å². The summed E-state index contributed by atoms with van der Waals surface area (Å²) < 4.78 is 0. The smallest absolute Gasteiger partial charge is 0.256 e. The van der Waals surface area contributed by atoms with Gasteiger partial charge in [-0.15, -0.1) is 0 Å². The molecule has 0 aliphatic carbocycles. The van der Waals surface area contributed by atoms with Crippen molar-refractivity contribution in [2.45, 2.75) is 31.2 Å². The van der Waals surface area contributed by atoms with E-state index in [2.05, 4.69) is 38.0 Å². The fraction of sp³-hybridized carbons (Fsp3) is 0.360. The van der Waals surface area contributed by atoms with Gasteiger partial charge in [-0.3, -0.25) is 9.69 Å². The lowest BCUT2D eigenvalue weighted by Crippen LogP contribution is -2.44. The summed E-state index contributed by atoms with van der Waals surface area (Å²) in [5.41, 5.74) is 3.26. The number of para-hydroxylation sites is 2. The van der Waals surface area contributed by atoms with Crippen LogP contribution < -0.4 is 10.5 Å². The molecule has 4 aromatic rings. The summed E-state index contributed by atoms with van der Waals surface area (Å²) in [4.78, 5) is 28.9. The number of pyridine rings is 1. The third-order valence-corrected chi connectivity index (χ3v) is 7.09. The minimum atomic E-state index is 0.0330. The van der Waals surface area contributed by atoms with Gasteiger partial charge in [0.25, 0.3) is 5.56 Å². The molecular formula is C25H27N5O. The molecule has 1 unspecified atom stereocenters. The van der Waals surface area contributed by atoms with Gasteiger partial charge in [0.2, 0.25) is 5.95 Å². The van der Waals surface area contributed by atoms with E-state index in [1.807, 2.05) is 36.4 Å². The fourth-order valence-electron chi connectivity index (χ4n) is 5.36. The molecule has 2 saturated heterocycles. The Kier molecular flexibility index (Phi) is 4.53. The van der Waals surface area contributed by atoms with Gasteiger partial charge < -0.3 is 14.9 Å². The maximum Gasteiger partial charge on any atom is 0.256 e. The van der Waals surface area contributed by atoms with E-state index in [0.29, 0.717) is 12.0 Å². The summed E-state index contributed by atoms with van der Waals surface area (Å²) in [6.07, 6.45) is 3.41. The minimum Gasteiger partial charge on any atom is -0.342 e. The van der Waals surface area contributed by atoms with Crippen LogP contribution in [0, 0.1) is 0 Å². The van der Waals surface area contributed by atoms with Crippen molar-refractivity contribution in [1.82, 2.24) is 19.9 Å². The Hall–Kier alpha value is -3.12. The van der Waals surface area contributed by atoms with E-state index < -0.39 is 0 Å². The fourth-order valence-corrected chi connectivity index (χ4v) is 5.36. The van der Waals surface area contributed by atoms with E-state index in [1.54, 1.807) is 0 Å². The van der Waals surface area contributed by atoms with E-state index in [-0.39, 0.29) is 5.56 Å². The first-order chi connectivity index (χ1) is 15.2. The number of nitrogens with one attached hydrogen (secondary N) is 2. The van der Waals surface area contributed by atoms with Crippen LogP contribution in [0.3, 0.4) is 0 Å². The molecule has 0 bridgehead atoms. The predicted molar refractivity (Wildman–Crippen MR) is 125 cm³/mol. The average molecular weight is 414 g/mol. The molecule has 2 aromatic carbocycles. The SMILES string of the molecule is O=c1[nH]c(C2CCN(C3CCN(c4nc5ccccc5[nH]4)CC3)C2)cc2ccccc12. The van der Waals surface area contributed by atoms with Crippen LogP contribution >= 0.6 is 0 Å². The van der Waals surface area contributed by atoms with Gasteiger partial charge in [0.05, 0.1) is 11.0 Å². The Morgan fingerprint density at radius 1 is 0.903 bits per heavy atom. The van der Waals surface area contributed by atoms with Gasteiger partial charge in [0, 0.05) is 42.7 Å². The maximum atomic E-state index is 12.5. The van der Waals surface area contributed by atoms with E-state index in [1.165, 1.54) is 0 Å². The van der Waals surface area contributed by atoms with Crippen LogP contribution in [0.15, 0.2) is 59.4 Å². The van der Waals surface area contributed by atoms with Gasteiger partial charge in [-0.25, -0.2) is 4.98 Å². The second-order valence-electron chi connectivity index (χ2n) is 8.92. The topological polar surface area (TPSA) is 68.0 Å². The van der Waals surface area contributed by atoms with Gasteiger partial charge >= 0.3 is 0 Å². The van der Waals surface area contributed by atoms with Crippen molar-refractivity contribution in [1.29, 1.82) is 0 Å². The number of anilines is 1. The third-order valence-electron chi connectivity index (χ3n) is 7.09. The highest BCUT2D eigenvalue weighted by Gasteiger charge is 2.32. The van der Waals surface area contributed by atoms with Crippen LogP contribution in [0.2, 0.25) is 0 Å². The number of benzene rings is 2. The molecule has 0 saturated carbocycles. The summed E-state index contributed by atoms with van der Waals surface area (Å²) >= 11 is 0. The van der Waals surface area contributed by atoms with Crippen LogP contribution in [0.25, 0.3) is 21.8 Å². The first-order valence-corrected chi connectivity index (χ1v) is 11.3. The average Bonchev–Trinajstić information content (AvgIpc) is 3.47. The van der Waals surface area contributed by atoms with Gasteiger partial charge in [-0.1, -0.05) is 30.3 Å². The standard InChI is InChI=1S/C25H27N5O/c31-24-20-6-2-1-5-17(20)15-23(26-24)18-9-12-30(16-18)19-10-13-29(14-11-19)25-27-21-7-3-4-8-22(21)28-25/h1-8,15,18-19H,9-14,16H2,(H,26,31)(H,27,28). The monoisotopic (exact) mass is 413 g/mol. The van der Waals surface area contributed by atoms with Crippen molar-refractivity contribution in [2.24, 2.45) is 0 Å². The minimum absolute atomic E-state index is 0.0330. The molecule has 2 aliphatic heterocycles. The highest BCUT2D eigenvalue weighted by molar-refractivity contribution is 5.81. The van der Waals surface area contributed by atoms with Crippen molar-refractivity contribution < 1.29 is 0 Å². The number of H-pyrrole nitrogens is 2. The lowest BCUT2D eigenvalue weighted by atomic mass is 10.0. The molecule has 6 rings (SSSR count). The Balaban J connectivity index is 1.12. The van der Waals surface area contributed by atoms with Crippen LogP contribution in [0.1, 0.15) is 30.9 Å². The summed E-state index contributed by atoms with van der Waals surface area (Å²) in [5, 5.41) is 1.82. The van der Waals surface area contributed by atoms with Crippen LogP contribution in [0.5, 0.6) is 0 Å². The van der Waals surface area contributed by atoms with Crippen molar-refractivity contribution in [3.63, 3.8) is 0 Å². The number of likely N-dealkylation sites (tertiary alicyclic amines) is 1. The number of imidazole rings is 1. The Bertz CT molecular complexity index is 1250. The Morgan fingerprint density at radius 3 is 2.58 bits per heavy atom. The number of aromatic nitrogens is 3. The van der Waals surface area contributed by atoms with Gasteiger partial charge in [-0.2, -0.15) is 0 Å². The molecule has 2 aromatic heterocycles. The molecule has 1 atom stereocenters. The van der Waals surface area contributed by atoms with E-state index in [0.717, 1.165) is 78.9 Å². The molecule has 0 amide bonds. The number of nitrogens with zero attached hydrogens (tertiary/aromatic N) is 3. The van der Waals surface area contributed by atoms with E-state index in [9.17, 15) is 4.79 Å². The second kappa shape index (κ2) is 7.54.